The van der Waals surface area contributed by atoms with Crippen molar-refractivity contribution >= 4 is 10.9 Å². The molecule has 0 aliphatic heterocycles. The summed E-state index contributed by atoms with van der Waals surface area (Å²) in [7, 11) is 2.00. The average molecular weight is 242 g/mol. The maximum atomic E-state index is 4.37. The van der Waals surface area contributed by atoms with Gasteiger partial charge in [0.15, 0.2) is 0 Å². The summed E-state index contributed by atoms with van der Waals surface area (Å²) < 4.78 is 1.98. The molecule has 0 aliphatic rings. The fraction of sp³-hybridized carbons (Fsp3) is 0.214. The Balaban J connectivity index is 0.00000120. The molecule has 0 atom stereocenters. The van der Waals surface area contributed by atoms with Crippen LogP contribution in [0.4, 0.5) is 0 Å². The second-order valence-electron chi connectivity index (χ2n) is 4.57. The molecule has 4 heteroatoms. The fourth-order valence-electron chi connectivity index (χ4n) is 2.19. The lowest BCUT2D eigenvalue weighted by molar-refractivity contribution is 0.912. The Hall–Kier alpha value is -2.07. The van der Waals surface area contributed by atoms with Crippen molar-refractivity contribution in [3.63, 3.8) is 0 Å². The molecule has 0 spiro atoms. The van der Waals surface area contributed by atoms with Gasteiger partial charge in [0.05, 0.1) is 12.0 Å². The quantitative estimate of drug-likeness (QED) is 0.725. The number of hydrogen-bond donors (Lipinski definition) is 2. The number of imidazole rings is 1. The maximum absolute atomic E-state index is 4.37. The third kappa shape index (κ3) is 2.15. The molecule has 2 aromatic heterocycles. The van der Waals surface area contributed by atoms with Crippen molar-refractivity contribution in [2.45, 2.75) is 13.3 Å². The first kappa shape index (κ1) is 12.4. The highest BCUT2D eigenvalue weighted by Crippen LogP contribution is 2.21. The predicted molar refractivity (Wildman–Crippen MR) is 74.1 cm³/mol. The van der Waals surface area contributed by atoms with E-state index in [1.807, 2.05) is 17.9 Å². The van der Waals surface area contributed by atoms with Gasteiger partial charge in [-0.3, -0.25) is 0 Å². The molecule has 0 saturated carbocycles. The Morgan fingerprint density at radius 2 is 2.17 bits per heavy atom. The lowest BCUT2D eigenvalue weighted by atomic mass is 10.1. The van der Waals surface area contributed by atoms with Gasteiger partial charge in [-0.05, 0) is 24.6 Å². The van der Waals surface area contributed by atoms with E-state index in [9.17, 15) is 0 Å². The van der Waals surface area contributed by atoms with Gasteiger partial charge in [-0.15, -0.1) is 0 Å². The van der Waals surface area contributed by atoms with Gasteiger partial charge in [0.2, 0.25) is 0 Å². The molecule has 0 saturated heterocycles. The standard InChI is InChI=1S/C14H15N3.H3N/c1-10-3-4-14-13(5-10)11(7-15-14)6-12-8-17(2)9-16-12;/h3-5,7-9,15H,6H2,1-2H3;1H3. The lowest BCUT2D eigenvalue weighted by Crippen LogP contribution is -1.87. The van der Waals surface area contributed by atoms with Crippen molar-refractivity contribution in [2.75, 3.05) is 0 Å². The summed E-state index contributed by atoms with van der Waals surface area (Å²) >= 11 is 0. The molecule has 4 nitrogen and oxygen atoms in total. The molecule has 18 heavy (non-hydrogen) atoms. The number of H-pyrrole nitrogens is 1. The van der Waals surface area contributed by atoms with E-state index in [2.05, 4.69) is 47.5 Å². The van der Waals surface area contributed by atoms with E-state index in [0.29, 0.717) is 0 Å². The van der Waals surface area contributed by atoms with Crippen molar-refractivity contribution in [1.82, 2.24) is 20.7 Å². The smallest absolute Gasteiger partial charge is 0.0946 e. The Morgan fingerprint density at radius 1 is 1.33 bits per heavy atom. The molecular formula is C14H18N4. The second-order valence-corrected chi connectivity index (χ2v) is 4.57. The van der Waals surface area contributed by atoms with Gasteiger partial charge >= 0.3 is 0 Å². The summed E-state index contributed by atoms with van der Waals surface area (Å²) in [5, 5.41) is 1.30. The van der Waals surface area contributed by atoms with Crippen LogP contribution in [0.25, 0.3) is 10.9 Å². The highest BCUT2D eigenvalue weighted by molar-refractivity contribution is 5.84. The van der Waals surface area contributed by atoms with E-state index < -0.39 is 0 Å². The van der Waals surface area contributed by atoms with Gasteiger partial charge in [-0.25, -0.2) is 4.98 Å². The molecule has 3 rings (SSSR count). The van der Waals surface area contributed by atoms with Crippen LogP contribution in [0.3, 0.4) is 0 Å². The molecule has 0 fully saturated rings. The monoisotopic (exact) mass is 242 g/mol. The normalized spacial score (nSPS) is 10.6. The van der Waals surface area contributed by atoms with Gasteiger partial charge in [0.25, 0.3) is 0 Å². The molecule has 0 unspecified atom stereocenters. The van der Waals surface area contributed by atoms with Crippen LogP contribution in [0.2, 0.25) is 0 Å². The van der Waals surface area contributed by atoms with E-state index in [4.69, 9.17) is 0 Å². The van der Waals surface area contributed by atoms with Crippen LogP contribution >= 0.6 is 0 Å². The number of fused-ring (bicyclic) bond motifs is 1. The van der Waals surface area contributed by atoms with Crippen molar-refractivity contribution in [1.29, 1.82) is 0 Å². The van der Waals surface area contributed by atoms with Crippen LogP contribution in [0, 0.1) is 6.92 Å². The molecule has 3 aromatic rings. The Morgan fingerprint density at radius 3 is 2.89 bits per heavy atom. The number of nitrogens with zero attached hydrogens (tertiary/aromatic N) is 2. The Labute approximate surface area is 106 Å². The maximum Gasteiger partial charge on any atom is 0.0946 e. The molecular weight excluding hydrogens is 224 g/mol. The zero-order valence-electron chi connectivity index (χ0n) is 10.8. The Bertz CT molecular complexity index is 663. The van der Waals surface area contributed by atoms with E-state index in [0.717, 1.165) is 12.1 Å². The van der Waals surface area contributed by atoms with Crippen LogP contribution < -0.4 is 6.15 Å². The molecule has 0 radical (unpaired) electrons. The third-order valence-electron chi connectivity index (χ3n) is 3.05. The van der Waals surface area contributed by atoms with Crippen LogP contribution in [0.1, 0.15) is 16.8 Å². The number of rotatable bonds is 2. The number of aromatic amines is 1. The first-order valence-electron chi connectivity index (χ1n) is 5.76. The fourth-order valence-corrected chi connectivity index (χ4v) is 2.19. The molecule has 1 aromatic carbocycles. The van der Waals surface area contributed by atoms with Gasteiger partial charge in [-0.2, -0.15) is 0 Å². The van der Waals surface area contributed by atoms with Crippen LogP contribution in [0.15, 0.2) is 36.9 Å². The highest BCUT2D eigenvalue weighted by Gasteiger charge is 2.06. The summed E-state index contributed by atoms with van der Waals surface area (Å²) in [4.78, 5) is 7.68. The molecule has 0 aliphatic carbocycles. The van der Waals surface area contributed by atoms with E-state index in [1.54, 1.807) is 0 Å². The first-order valence-corrected chi connectivity index (χ1v) is 5.76. The van der Waals surface area contributed by atoms with Gasteiger partial charge in [0.1, 0.15) is 0 Å². The number of nitrogens with one attached hydrogen (secondary N) is 1. The lowest BCUT2D eigenvalue weighted by Gasteiger charge is -1.97. The van der Waals surface area contributed by atoms with Crippen molar-refractivity contribution in [3.8, 4) is 0 Å². The number of benzene rings is 1. The van der Waals surface area contributed by atoms with Crippen LogP contribution in [-0.4, -0.2) is 14.5 Å². The summed E-state index contributed by atoms with van der Waals surface area (Å²) in [5.41, 5.74) is 4.90. The van der Waals surface area contributed by atoms with E-state index >= 15 is 0 Å². The largest absolute Gasteiger partial charge is 0.361 e. The molecule has 0 amide bonds. The highest BCUT2D eigenvalue weighted by atomic mass is 15.0. The first-order chi connectivity index (χ1) is 8.22. The van der Waals surface area contributed by atoms with Crippen LogP contribution in [-0.2, 0) is 13.5 Å². The second kappa shape index (κ2) is 4.66. The van der Waals surface area contributed by atoms with E-state index in [-0.39, 0.29) is 6.15 Å². The zero-order valence-corrected chi connectivity index (χ0v) is 10.8. The number of hydrogen-bond acceptors (Lipinski definition) is 2. The Kier molecular flexibility index (Phi) is 3.21. The summed E-state index contributed by atoms with van der Waals surface area (Å²) in [6.07, 6.45) is 6.87. The van der Waals surface area contributed by atoms with E-state index in [1.165, 1.54) is 22.0 Å². The molecule has 94 valence electrons. The molecule has 2 heterocycles. The predicted octanol–water partition coefficient (Wildman–Crippen LogP) is 2.96. The summed E-state index contributed by atoms with van der Waals surface area (Å²) in [6, 6.07) is 6.49. The SMILES string of the molecule is Cc1ccc2[nH]cc(Cc3cn(C)cn3)c2c1.N. The van der Waals surface area contributed by atoms with Gasteiger partial charge in [-0.1, -0.05) is 11.6 Å². The number of aromatic nitrogens is 3. The van der Waals surface area contributed by atoms with Crippen molar-refractivity contribution in [2.24, 2.45) is 7.05 Å². The van der Waals surface area contributed by atoms with Crippen LogP contribution in [0.5, 0.6) is 0 Å². The third-order valence-corrected chi connectivity index (χ3v) is 3.05. The van der Waals surface area contributed by atoms with Crippen molar-refractivity contribution in [3.05, 3.63) is 53.7 Å². The minimum Gasteiger partial charge on any atom is -0.361 e. The van der Waals surface area contributed by atoms with Gasteiger partial charge in [0, 0.05) is 36.8 Å². The summed E-state index contributed by atoms with van der Waals surface area (Å²) in [5.74, 6) is 0. The van der Waals surface area contributed by atoms with Gasteiger partial charge < -0.3 is 15.7 Å². The molecule has 4 N–H and O–H groups in total. The summed E-state index contributed by atoms with van der Waals surface area (Å²) in [6.45, 7) is 2.12. The average Bonchev–Trinajstić information content (AvgIpc) is 2.87. The topological polar surface area (TPSA) is 68.6 Å². The van der Waals surface area contributed by atoms with Crippen molar-refractivity contribution < 1.29 is 0 Å². The molecule has 0 bridgehead atoms. The number of aryl methyl sites for hydroxylation is 2. The zero-order chi connectivity index (χ0) is 11.8. The minimum atomic E-state index is 0. The minimum absolute atomic E-state index is 0.